The summed E-state index contributed by atoms with van der Waals surface area (Å²) in [6, 6.07) is 11.9. The average Bonchev–Trinajstić information content (AvgIpc) is 2.81. The molecule has 184 valence electrons. The Morgan fingerprint density at radius 2 is 0.848 bits per heavy atom. The standard InChI is InChI=1S/C31H48O2/c1-3-5-7-9-11-13-15-21-28-26(19-17-23-30(28)32)25-27-20-18-24-31(33)29(27)22-16-14-12-10-8-6-4-2/h17-20,23-24,32-33H,3-16,21-22,25H2,1-2H3. The van der Waals surface area contributed by atoms with E-state index in [1.165, 1.54) is 88.2 Å². The monoisotopic (exact) mass is 452 g/mol. The van der Waals surface area contributed by atoms with E-state index in [9.17, 15) is 10.2 Å². The number of hydrogen-bond donors (Lipinski definition) is 2. The molecule has 2 rings (SSSR count). The molecule has 0 unspecified atom stereocenters. The minimum Gasteiger partial charge on any atom is -0.508 e. The molecule has 0 aliphatic carbocycles. The Hall–Kier alpha value is -1.96. The van der Waals surface area contributed by atoms with Gasteiger partial charge in [-0.15, -0.1) is 0 Å². The maximum atomic E-state index is 10.6. The fourth-order valence-corrected chi connectivity index (χ4v) is 4.87. The first-order valence-corrected chi connectivity index (χ1v) is 13.8. The second-order valence-corrected chi connectivity index (χ2v) is 9.75. The van der Waals surface area contributed by atoms with Crippen LogP contribution in [-0.4, -0.2) is 10.2 Å². The predicted molar refractivity (Wildman–Crippen MR) is 142 cm³/mol. The molecule has 0 aromatic heterocycles. The highest BCUT2D eigenvalue weighted by Crippen LogP contribution is 2.30. The Morgan fingerprint density at radius 3 is 1.24 bits per heavy atom. The number of phenolic OH excluding ortho intramolecular Hbond substituents is 2. The van der Waals surface area contributed by atoms with Gasteiger partial charge in [0.05, 0.1) is 0 Å². The molecule has 0 saturated heterocycles. The summed E-state index contributed by atoms with van der Waals surface area (Å²) in [4.78, 5) is 0. The number of aromatic hydroxyl groups is 2. The van der Waals surface area contributed by atoms with Gasteiger partial charge in [0.15, 0.2) is 0 Å². The van der Waals surface area contributed by atoms with E-state index in [1.807, 2.05) is 24.3 Å². The summed E-state index contributed by atoms with van der Waals surface area (Å²) in [6.45, 7) is 4.51. The third-order valence-corrected chi connectivity index (χ3v) is 6.94. The second-order valence-electron chi connectivity index (χ2n) is 9.75. The minimum absolute atomic E-state index is 0.423. The SMILES string of the molecule is CCCCCCCCCc1c(O)cccc1Cc1cccc(O)c1CCCCCCCCC. The lowest BCUT2D eigenvalue weighted by Crippen LogP contribution is -2.01. The zero-order valence-electron chi connectivity index (χ0n) is 21.4. The molecule has 2 N–H and O–H groups in total. The van der Waals surface area contributed by atoms with Crippen LogP contribution in [0.25, 0.3) is 0 Å². The van der Waals surface area contributed by atoms with Gasteiger partial charge in [-0.05, 0) is 66.5 Å². The van der Waals surface area contributed by atoms with Gasteiger partial charge in [0.2, 0.25) is 0 Å². The summed E-state index contributed by atoms with van der Waals surface area (Å²) >= 11 is 0. The third kappa shape index (κ3) is 10.2. The lowest BCUT2D eigenvalue weighted by molar-refractivity contribution is 0.464. The highest BCUT2D eigenvalue weighted by molar-refractivity contribution is 5.46. The topological polar surface area (TPSA) is 40.5 Å². The highest BCUT2D eigenvalue weighted by Gasteiger charge is 2.13. The number of phenols is 2. The van der Waals surface area contributed by atoms with Crippen LogP contribution in [-0.2, 0) is 19.3 Å². The van der Waals surface area contributed by atoms with E-state index in [1.54, 1.807) is 0 Å². The van der Waals surface area contributed by atoms with Crippen molar-refractivity contribution >= 4 is 0 Å². The van der Waals surface area contributed by atoms with E-state index < -0.39 is 0 Å². The molecule has 0 aliphatic heterocycles. The summed E-state index contributed by atoms with van der Waals surface area (Å²) in [6.07, 6.45) is 20.5. The smallest absolute Gasteiger partial charge is 0.119 e. The molecule has 0 heterocycles. The van der Waals surface area contributed by atoms with Gasteiger partial charge in [0.25, 0.3) is 0 Å². The Balaban J connectivity index is 1.95. The van der Waals surface area contributed by atoms with Crippen LogP contribution in [0.2, 0.25) is 0 Å². The first kappa shape index (κ1) is 27.3. The van der Waals surface area contributed by atoms with Crippen molar-refractivity contribution in [2.45, 2.75) is 123 Å². The summed E-state index contributed by atoms with van der Waals surface area (Å²) in [5.41, 5.74) is 4.59. The molecule has 2 heteroatoms. The van der Waals surface area contributed by atoms with Gasteiger partial charge in [-0.25, -0.2) is 0 Å². The fourth-order valence-electron chi connectivity index (χ4n) is 4.87. The summed E-state index contributed by atoms with van der Waals surface area (Å²) in [5, 5.41) is 21.2. The highest BCUT2D eigenvalue weighted by atomic mass is 16.3. The van der Waals surface area contributed by atoms with Crippen LogP contribution in [0, 0.1) is 0 Å². The van der Waals surface area contributed by atoms with Crippen molar-refractivity contribution in [2.75, 3.05) is 0 Å². The van der Waals surface area contributed by atoms with Crippen LogP contribution >= 0.6 is 0 Å². The lowest BCUT2D eigenvalue weighted by atomic mass is 9.91. The van der Waals surface area contributed by atoms with Gasteiger partial charge in [-0.3, -0.25) is 0 Å². The maximum absolute atomic E-state index is 10.6. The Labute approximate surface area is 203 Å². The molecule has 0 fully saturated rings. The van der Waals surface area contributed by atoms with Crippen LogP contribution in [0.3, 0.4) is 0 Å². The van der Waals surface area contributed by atoms with Crippen LogP contribution in [0.4, 0.5) is 0 Å². The zero-order chi connectivity index (χ0) is 23.7. The number of benzene rings is 2. The molecule has 0 radical (unpaired) electrons. The molecule has 0 atom stereocenters. The summed E-state index contributed by atoms with van der Waals surface area (Å²) in [7, 11) is 0. The van der Waals surface area contributed by atoms with Crippen LogP contribution in [0.15, 0.2) is 36.4 Å². The largest absolute Gasteiger partial charge is 0.508 e. The van der Waals surface area contributed by atoms with Crippen molar-refractivity contribution < 1.29 is 10.2 Å². The molecular formula is C31H48O2. The third-order valence-electron chi connectivity index (χ3n) is 6.94. The zero-order valence-corrected chi connectivity index (χ0v) is 21.4. The molecule has 0 bridgehead atoms. The first-order valence-electron chi connectivity index (χ1n) is 13.8. The van der Waals surface area contributed by atoms with Crippen LogP contribution in [0.1, 0.15) is 126 Å². The van der Waals surface area contributed by atoms with E-state index >= 15 is 0 Å². The van der Waals surface area contributed by atoms with Gasteiger partial charge < -0.3 is 10.2 Å². The molecule has 2 aromatic rings. The van der Waals surface area contributed by atoms with Crippen molar-refractivity contribution in [2.24, 2.45) is 0 Å². The molecule has 0 aliphatic rings. The quantitative estimate of drug-likeness (QED) is 0.221. The normalized spacial score (nSPS) is 11.2. The Morgan fingerprint density at radius 1 is 0.485 bits per heavy atom. The van der Waals surface area contributed by atoms with Crippen molar-refractivity contribution in [3.8, 4) is 11.5 Å². The minimum atomic E-state index is 0.423. The van der Waals surface area contributed by atoms with Gasteiger partial charge in [-0.2, -0.15) is 0 Å². The molecule has 0 amide bonds. The number of rotatable bonds is 18. The molecule has 33 heavy (non-hydrogen) atoms. The van der Waals surface area contributed by atoms with Crippen molar-refractivity contribution in [1.82, 2.24) is 0 Å². The van der Waals surface area contributed by atoms with Gasteiger partial charge in [0.1, 0.15) is 11.5 Å². The second kappa shape index (κ2) is 16.6. The summed E-state index contributed by atoms with van der Waals surface area (Å²) < 4.78 is 0. The maximum Gasteiger partial charge on any atom is 0.119 e. The van der Waals surface area contributed by atoms with E-state index in [0.717, 1.165) is 43.2 Å². The van der Waals surface area contributed by atoms with E-state index in [2.05, 4.69) is 26.0 Å². The van der Waals surface area contributed by atoms with Crippen molar-refractivity contribution in [3.05, 3.63) is 58.7 Å². The van der Waals surface area contributed by atoms with Gasteiger partial charge >= 0.3 is 0 Å². The summed E-state index contributed by atoms with van der Waals surface area (Å²) in [5.74, 6) is 0.847. The fraction of sp³-hybridized carbons (Fsp3) is 0.613. The molecular weight excluding hydrogens is 404 g/mol. The van der Waals surface area contributed by atoms with Gasteiger partial charge in [-0.1, -0.05) is 115 Å². The number of unbranched alkanes of at least 4 members (excludes halogenated alkanes) is 12. The van der Waals surface area contributed by atoms with E-state index in [0.29, 0.717) is 11.5 Å². The van der Waals surface area contributed by atoms with Crippen LogP contribution in [0.5, 0.6) is 11.5 Å². The first-order chi connectivity index (χ1) is 16.2. The van der Waals surface area contributed by atoms with Crippen molar-refractivity contribution in [1.29, 1.82) is 0 Å². The molecule has 0 spiro atoms. The van der Waals surface area contributed by atoms with E-state index in [-0.39, 0.29) is 0 Å². The number of hydrogen-bond acceptors (Lipinski definition) is 2. The van der Waals surface area contributed by atoms with Gasteiger partial charge in [0, 0.05) is 0 Å². The molecule has 0 saturated carbocycles. The molecule has 2 nitrogen and oxygen atoms in total. The molecule has 2 aromatic carbocycles. The lowest BCUT2D eigenvalue weighted by Gasteiger charge is -2.15. The average molecular weight is 453 g/mol. The predicted octanol–water partition coefficient (Wildman–Crippen LogP) is 9.27. The van der Waals surface area contributed by atoms with Crippen LogP contribution < -0.4 is 0 Å². The van der Waals surface area contributed by atoms with Crippen molar-refractivity contribution in [3.63, 3.8) is 0 Å². The Bertz CT molecular complexity index is 715. The Kier molecular flexibility index (Phi) is 13.7. The van der Waals surface area contributed by atoms with E-state index in [4.69, 9.17) is 0 Å².